The molecule has 0 saturated carbocycles. The van der Waals surface area contributed by atoms with Crippen molar-refractivity contribution >= 4 is 27.6 Å². The van der Waals surface area contributed by atoms with Gasteiger partial charge in [0.15, 0.2) is 0 Å². The fourth-order valence-electron chi connectivity index (χ4n) is 0.722. The zero-order valence-electron chi connectivity index (χ0n) is 6.09. The number of hydrogen-bond acceptors (Lipinski definition) is 1. The lowest BCUT2D eigenvalue weighted by Gasteiger charge is -2.04. The first-order valence-corrected chi connectivity index (χ1v) is 3.99. The van der Waals surface area contributed by atoms with E-state index in [1.54, 1.807) is 12.1 Å². The lowest BCUT2D eigenvalue weighted by Crippen LogP contribution is -2.21. The van der Waals surface area contributed by atoms with Crippen LogP contribution in [-0.2, 0) is 0 Å². The van der Waals surface area contributed by atoms with E-state index in [4.69, 9.17) is 5.73 Å². The Bertz CT molecular complexity index is 300. The van der Waals surface area contributed by atoms with Gasteiger partial charge in [-0.15, -0.1) is 0 Å². The Morgan fingerprint density at radius 3 is 2.75 bits per heavy atom. The Labute approximate surface area is 77.5 Å². The predicted octanol–water partition coefficient (Wildman–Crippen LogP) is 2.06. The van der Waals surface area contributed by atoms with E-state index in [2.05, 4.69) is 26.5 Å². The third kappa shape index (κ3) is 2.20. The molecule has 0 unspecified atom stereocenters. The van der Waals surface area contributed by atoms with Gasteiger partial charge < -0.3 is 11.1 Å². The normalized spacial score (nSPS) is 11.3. The number of guanidine groups is 1. The summed E-state index contributed by atoms with van der Waals surface area (Å²) in [5.74, 6) is -0.262. The molecular formula is C7H7BrFN3. The molecule has 3 N–H and O–H groups in total. The van der Waals surface area contributed by atoms with E-state index in [0.29, 0.717) is 5.69 Å². The van der Waals surface area contributed by atoms with Crippen LogP contribution in [0.4, 0.5) is 10.2 Å². The maximum atomic E-state index is 11.6. The lowest BCUT2D eigenvalue weighted by atomic mass is 10.3. The first-order chi connectivity index (χ1) is 5.74. The molecular weight excluding hydrogens is 225 g/mol. The molecule has 3 nitrogen and oxygen atoms in total. The van der Waals surface area contributed by atoms with E-state index in [-0.39, 0.29) is 5.96 Å². The van der Waals surface area contributed by atoms with Crippen molar-refractivity contribution in [2.45, 2.75) is 0 Å². The third-order valence-electron chi connectivity index (χ3n) is 1.23. The van der Waals surface area contributed by atoms with E-state index in [9.17, 15) is 4.48 Å². The quantitative estimate of drug-likeness (QED) is 0.575. The fraction of sp³-hybridized carbons (Fsp3) is 0. The smallest absolute Gasteiger partial charge is 0.228 e. The van der Waals surface area contributed by atoms with Gasteiger partial charge in [-0.3, -0.25) is 0 Å². The van der Waals surface area contributed by atoms with Crippen molar-refractivity contribution in [1.29, 1.82) is 0 Å². The van der Waals surface area contributed by atoms with E-state index < -0.39 is 0 Å². The van der Waals surface area contributed by atoms with E-state index >= 15 is 0 Å². The number of para-hydroxylation sites is 1. The maximum absolute atomic E-state index is 11.6. The molecule has 1 rings (SSSR count). The molecule has 1 aromatic rings. The van der Waals surface area contributed by atoms with Gasteiger partial charge in [0, 0.05) is 4.47 Å². The molecule has 0 aromatic heterocycles. The maximum Gasteiger partial charge on any atom is 0.228 e. The molecule has 12 heavy (non-hydrogen) atoms. The monoisotopic (exact) mass is 231 g/mol. The number of benzene rings is 1. The Kier molecular flexibility index (Phi) is 3.04. The van der Waals surface area contributed by atoms with Crippen LogP contribution in [0.5, 0.6) is 0 Å². The molecule has 0 aliphatic carbocycles. The summed E-state index contributed by atoms with van der Waals surface area (Å²) in [6.07, 6.45) is 0. The average molecular weight is 232 g/mol. The van der Waals surface area contributed by atoms with Crippen LogP contribution in [0.3, 0.4) is 0 Å². The number of halogens is 2. The molecule has 0 amide bonds. The SMILES string of the molecule is NC(=NF)Nc1ccccc1Br. The standard InChI is InChI=1S/C7H7BrFN3/c8-5-3-1-2-4-6(5)11-7(10)12-9/h1-4H,(H3,10,11,12). The molecule has 0 fully saturated rings. The summed E-state index contributed by atoms with van der Waals surface area (Å²) in [4.78, 5) is 0. The summed E-state index contributed by atoms with van der Waals surface area (Å²) in [5.41, 5.74) is 5.79. The molecule has 0 bridgehead atoms. The lowest BCUT2D eigenvalue weighted by molar-refractivity contribution is 0.536. The second kappa shape index (κ2) is 4.06. The summed E-state index contributed by atoms with van der Waals surface area (Å²) in [6.45, 7) is 0. The highest BCUT2D eigenvalue weighted by Crippen LogP contribution is 2.20. The van der Waals surface area contributed by atoms with Gasteiger partial charge in [0.1, 0.15) is 0 Å². The van der Waals surface area contributed by atoms with E-state index in [0.717, 1.165) is 4.47 Å². The molecule has 0 radical (unpaired) electrons. The molecule has 0 saturated heterocycles. The van der Waals surface area contributed by atoms with Crippen LogP contribution < -0.4 is 11.1 Å². The summed E-state index contributed by atoms with van der Waals surface area (Å²) >= 11 is 3.26. The van der Waals surface area contributed by atoms with Crippen molar-refractivity contribution in [2.24, 2.45) is 10.9 Å². The van der Waals surface area contributed by atoms with Crippen LogP contribution >= 0.6 is 15.9 Å². The first-order valence-electron chi connectivity index (χ1n) is 3.20. The molecule has 0 heterocycles. The zero-order valence-corrected chi connectivity index (χ0v) is 7.68. The number of nitrogens with one attached hydrogen (secondary N) is 1. The van der Waals surface area contributed by atoms with Gasteiger partial charge in [-0.2, -0.15) is 0 Å². The minimum atomic E-state index is -0.262. The molecule has 64 valence electrons. The highest BCUT2D eigenvalue weighted by molar-refractivity contribution is 9.10. The van der Waals surface area contributed by atoms with Crippen molar-refractivity contribution in [3.63, 3.8) is 0 Å². The summed E-state index contributed by atoms with van der Waals surface area (Å²) in [6, 6.07) is 7.21. The van der Waals surface area contributed by atoms with Crippen LogP contribution in [0.2, 0.25) is 0 Å². The van der Waals surface area contributed by atoms with Crippen molar-refractivity contribution in [3.05, 3.63) is 28.7 Å². The Hall–Kier alpha value is -1.10. The number of rotatable bonds is 1. The number of anilines is 1. The van der Waals surface area contributed by atoms with Gasteiger partial charge >= 0.3 is 0 Å². The molecule has 1 aromatic carbocycles. The summed E-state index contributed by atoms with van der Waals surface area (Å²) in [7, 11) is 0. The topological polar surface area (TPSA) is 50.4 Å². The van der Waals surface area contributed by atoms with Crippen molar-refractivity contribution in [1.82, 2.24) is 0 Å². The number of hydrogen-bond donors (Lipinski definition) is 2. The molecule has 0 aliphatic heterocycles. The number of nitrogens with zero attached hydrogens (tertiary/aromatic N) is 1. The van der Waals surface area contributed by atoms with E-state index in [1.807, 2.05) is 12.1 Å². The minimum absolute atomic E-state index is 0.262. The Morgan fingerprint density at radius 2 is 2.17 bits per heavy atom. The summed E-state index contributed by atoms with van der Waals surface area (Å²) in [5, 5.41) is 4.85. The van der Waals surface area contributed by atoms with Gasteiger partial charge in [0.05, 0.1) is 5.69 Å². The number of nitrogens with two attached hydrogens (primary N) is 1. The molecule has 0 atom stereocenters. The highest BCUT2D eigenvalue weighted by Gasteiger charge is 1.98. The summed E-state index contributed by atoms with van der Waals surface area (Å²) < 4.78 is 12.4. The molecule has 0 spiro atoms. The minimum Gasteiger partial charge on any atom is -0.367 e. The Morgan fingerprint density at radius 1 is 1.50 bits per heavy atom. The van der Waals surface area contributed by atoms with Crippen LogP contribution in [0.1, 0.15) is 0 Å². The van der Waals surface area contributed by atoms with Gasteiger partial charge in [-0.1, -0.05) is 21.8 Å². The van der Waals surface area contributed by atoms with Crippen molar-refractivity contribution in [2.75, 3.05) is 5.32 Å². The molecule has 5 heteroatoms. The third-order valence-corrected chi connectivity index (χ3v) is 1.92. The fourth-order valence-corrected chi connectivity index (χ4v) is 1.11. The first kappa shape index (κ1) is 8.99. The van der Waals surface area contributed by atoms with Crippen LogP contribution in [0.15, 0.2) is 34.0 Å². The Balaban J connectivity index is 2.82. The van der Waals surface area contributed by atoms with E-state index in [1.165, 1.54) is 0 Å². The van der Waals surface area contributed by atoms with Crippen LogP contribution in [0, 0.1) is 0 Å². The molecule has 0 aliphatic rings. The van der Waals surface area contributed by atoms with Crippen molar-refractivity contribution in [3.8, 4) is 0 Å². The van der Waals surface area contributed by atoms with Crippen molar-refractivity contribution < 1.29 is 4.48 Å². The second-order valence-corrected chi connectivity index (χ2v) is 2.93. The largest absolute Gasteiger partial charge is 0.367 e. The van der Waals surface area contributed by atoms with Gasteiger partial charge in [0.25, 0.3) is 0 Å². The van der Waals surface area contributed by atoms with Gasteiger partial charge in [-0.05, 0) is 28.1 Å². The highest BCUT2D eigenvalue weighted by atomic mass is 79.9. The van der Waals surface area contributed by atoms with Crippen LogP contribution in [-0.4, -0.2) is 5.96 Å². The van der Waals surface area contributed by atoms with Gasteiger partial charge in [0.2, 0.25) is 5.96 Å². The van der Waals surface area contributed by atoms with Gasteiger partial charge in [-0.25, -0.2) is 0 Å². The second-order valence-electron chi connectivity index (χ2n) is 2.07. The van der Waals surface area contributed by atoms with Crippen LogP contribution in [0.25, 0.3) is 0 Å². The predicted molar refractivity (Wildman–Crippen MR) is 50.5 cm³/mol. The average Bonchev–Trinajstić information content (AvgIpc) is 2.09. The zero-order chi connectivity index (χ0) is 8.97.